The Labute approximate surface area is 162 Å². The van der Waals surface area contributed by atoms with Gasteiger partial charge in [-0.15, -0.1) is 0 Å². The Balaban J connectivity index is 2.44. The van der Waals surface area contributed by atoms with Gasteiger partial charge < -0.3 is 20.1 Å². The predicted octanol–water partition coefficient (Wildman–Crippen LogP) is 3.14. The van der Waals surface area contributed by atoms with Gasteiger partial charge in [-0.05, 0) is 50.9 Å². The zero-order valence-corrected chi connectivity index (χ0v) is 16.5. The van der Waals surface area contributed by atoms with Crippen molar-refractivity contribution in [3.63, 3.8) is 0 Å². The zero-order chi connectivity index (χ0) is 21.3. The molecule has 0 unspecified atom stereocenters. The van der Waals surface area contributed by atoms with E-state index in [0.29, 0.717) is 11.0 Å². The highest BCUT2D eigenvalue weighted by Crippen LogP contribution is 2.39. The molecule has 1 aromatic carbocycles. The highest BCUT2D eigenvalue weighted by atomic mass is 19.4. The summed E-state index contributed by atoms with van der Waals surface area (Å²) in [5, 5.41) is 2.67. The van der Waals surface area contributed by atoms with Crippen LogP contribution < -0.4 is 16.6 Å². The van der Waals surface area contributed by atoms with Gasteiger partial charge in [-0.3, -0.25) is 10.6 Å². The Bertz CT molecular complexity index is 763. The summed E-state index contributed by atoms with van der Waals surface area (Å²) >= 11 is 0. The number of hydrazine groups is 1. The average Bonchev–Trinajstić information content (AvgIpc) is 2.78. The van der Waals surface area contributed by atoms with Gasteiger partial charge in [-0.25, -0.2) is 0 Å². The fourth-order valence-corrected chi connectivity index (χ4v) is 2.61. The van der Waals surface area contributed by atoms with Crippen molar-refractivity contribution in [2.75, 3.05) is 12.0 Å². The van der Waals surface area contributed by atoms with E-state index in [9.17, 15) is 18.0 Å². The van der Waals surface area contributed by atoms with E-state index in [-0.39, 0.29) is 18.1 Å². The first-order chi connectivity index (χ1) is 12.8. The van der Waals surface area contributed by atoms with Crippen LogP contribution in [0.2, 0.25) is 0 Å². The van der Waals surface area contributed by atoms with Gasteiger partial charge >= 0.3 is 13.3 Å². The van der Waals surface area contributed by atoms with Crippen LogP contribution >= 0.6 is 0 Å². The van der Waals surface area contributed by atoms with Gasteiger partial charge in [-0.1, -0.05) is 12.1 Å². The van der Waals surface area contributed by atoms with Crippen molar-refractivity contribution >= 4 is 24.8 Å². The first-order valence-electron chi connectivity index (χ1n) is 8.75. The van der Waals surface area contributed by atoms with E-state index >= 15 is 0 Å². The van der Waals surface area contributed by atoms with Crippen LogP contribution in [0.15, 0.2) is 23.7 Å². The number of nitrogens with one attached hydrogen (secondary N) is 2. The molecule has 6 nitrogen and oxygen atoms in total. The molecule has 28 heavy (non-hydrogen) atoms. The van der Waals surface area contributed by atoms with Gasteiger partial charge in [-0.2, -0.15) is 13.2 Å². The molecule has 1 aliphatic heterocycles. The van der Waals surface area contributed by atoms with Crippen LogP contribution in [0.1, 0.15) is 45.7 Å². The van der Waals surface area contributed by atoms with Gasteiger partial charge in [0.1, 0.15) is 0 Å². The van der Waals surface area contributed by atoms with Crippen LogP contribution in [0.3, 0.4) is 0 Å². The summed E-state index contributed by atoms with van der Waals surface area (Å²) < 4.78 is 50.9. The number of carbonyl (C=O) groups is 1. The molecule has 1 amide bonds. The molecule has 1 aromatic rings. The molecule has 2 rings (SSSR count). The third kappa shape index (κ3) is 4.87. The van der Waals surface area contributed by atoms with E-state index in [2.05, 4.69) is 10.7 Å². The molecule has 1 fully saturated rings. The minimum atomic E-state index is -4.49. The molecule has 0 atom stereocenters. The number of hydrogen-bond donors (Lipinski definition) is 3. The number of alkyl halides is 3. The number of benzene rings is 1. The minimum Gasteiger partial charge on any atom is -0.400 e. The van der Waals surface area contributed by atoms with E-state index in [0.717, 1.165) is 12.1 Å². The summed E-state index contributed by atoms with van der Waals surface area (Å²) in [5.74, 6) is 5.16. The second-order valence-corrected chi connectivity index (χ2v) is 7.66. The highest BCUT2D eigenvalue weighted by Gasteiger charge is 2.52. The monoisotopic (exact) mass is 399 g/mol. The van der Waals surface area contributed by atoms with Crippen molar-refractivity contribution in [2.45, 2.75) is 52.0 Å². The lowest BCUT2D eigenvalue weighted by atomic mass is 9.76. The van der Waals surface area contributed by atoms with Crippen molar-refractivity contribution in [1.29, 1.82) is 0 Å². The molecule has 0 saturated carbocycles. The summed E-state index contributed by atoms with van der Waals surface area (Å²) in [7, 11) is -0.773. The Morgan fingerprint density at radius 2 is 1.79 bits per heavy atom. The van der Waals surface area contributed by atoms with E-state index in [1.165, 1.54) is 13.0 Å². The van der Waals surface area contributed by atoms with Crippen LogP contribution in [-0.4, -0.2) is 30.8 Å². The number of hydrogen-bond acceptors (Lipinski definition) is 5. The van der Waals surface area contributed by atoms with E-state index < -0.39 is 30.1 Å². The average molecular weight is 399 g/mol. The summed E-state index contributed by atoms with van der Waals surface area (Å²) in [6, 6.07) is 3.19. The second kappa shape index (κ2) is 7.77. The summed E-state index contributed by atoms with van der Waals surface area (Å²) in [4.78, 5) is 11.4. The van der Waals surface area contributed by atoms with Crippen LogP contribution in [0.5, 0.6) is 0 Å². The number of halogens is 3. The number of anilines is 1. The highest BCUT2D eigenvalue weighted by molar-refractivity contribution is 6.56. The van der Waals surface area contributed by atoms with Gasteiger partial charge in [0, 0.05) is 13.5 Å². The molecule has 0 spiro atoms. The van der Waals surface area contributed by atoms with Crippen LogP contribution in [0.25, 0.3) is 6.08 Å². The minimum absolute atomic E-state index is 0.0895. The van der Waals surface area contributed by atoms with Gasteiger partial charge in [0.15, 0.2) is 0 Å². The predicted molar refractivity (Wildman–Crippen MR) is 102 cm³/mol. The van der Waals surface area contributed by atoms with E-state index in [1.54, 1.807) is 6.08 Å². The molecule has 0 bridgehead atoms. The zero-order valence-electron chi connectivity index (χ0n) is 16.5. The van der Waals surface area contributed by atoms with Gasteiger partial charge in [0.25, 0.3) is 0 Å². The molecular formula is C18H25BF3N3O3. The number of nitrogen functional groups attached to an aromatic ring is 1. The number of nitrogens with two attached hydrogens (primary N) is 1. The number of amides is 1. The summed E-state index contributed by atoms with van der Waals surface area (Å²) in [6.07, 6.45) is -2.88. The second-order valence-electron chi connectivity index (χ2n) is 7.66. The molecule has 154 valence electrons. The summed E-state index contributed by atoms with van der Waals surface area (Å²) in [5.41, 5.74) is 1.29. The fraction of sp³-hybridized carbons (Fsp3) is 0.500. The third-order valence-electron chi connectivity index (χ3n) is 4.97. The molecule has 4 N–H and O–H groups in total. The normalized spacial score (nSPS) is 18.9. The van der Waals surface area contributed by atoms with Gasteiger partial charge in [0.2, 0.25) is 5.91 Å². The van der Waals surface area contributed by atoms with Crippen LogP contribution in [0.4, 0.5) is 18.9 Å². The van der Waals surface area contributed by atoms with Crippen molar-refractivity contribution in [1.82, 2.24) is 5.32 Å². The van der Waals surface area contributed by atoms with E-state index in [4.69, 9.17) is 15.2 Å². The Morgan fingerprint density at radius 3 is 2.25 bits per heavy atom. The molecule has 1 saturated heterocycles. The molecule has 0 aliphatic carbocycles. The Hall–Kier alpha value is -2.04. The largest absolute Gasteiger partial charge is 0.492 e. The smallest absolute Gasteiger partial charge is 0.400 e. The van der Waals surface area contributed by atoms with E-state index in [1.807, 2.05) is 27.7 Å². The molecule has 1 heterocycles. The fourth-order valence-electron chi connectivity index (χ4n) is 2.61. The maximum Gasteiger partial charge on any atom is 0.492 e. The summed E-state index contributed by atoms with van der Waals surface area (Å²) in [6.45, 7) is 9.01. The molecule has 10 heteroatoms. The van der Waals surface area contributed by atoms with Crippen molar-refractivity contribution in [3.05, 3.63) is 34.8 Å². The quantitative estimate of drug-likeness (QED) is 0.403. The molecule has 0 radical (unpaired) electrons. The van der Waals surface area contributed by atoms with Crippen molar-refractivity contribution in [2.24, 2.45) is 5.84 Å². The first-order valence-corrected chi connectivity index (χ1v) is 8.75. The molecular weight excluding hydrogens is 374 g/mol. The SMILES string of the molecule is CC(=O)NCC(=Cc1ccc(C(F)(F)F)cc1NN)B1OC(C)(C)C(C)(C)O1. The van der Waals surface area contributed by atoms with Crippen LogP contribution in [-0.2, 0) is 20.3 Å². The number of rotatable bonds is 5. The molecule has 1 aliphatic rings. The lowest BCUT2D eigenvalue weighted by Gasteiger charge is -2.32. The lowest BCUT2D eigenvalue weighted by molar-refractivity contribution is -0.137. The standard InChI is InChI=1S/C18H25BF3N3O3/c1-11(26)24-10-14(19-27-16(2,3)17(4,5)28-19)8-12-6-7-13(18(20,21)22)9-15(12)25-23/h6-9,25H,10,23H2,1-5H3,(H,24,26). The maximum absolute atomic E-state index is 13.0. The third-order valence-corrected chi connectivity index (χ3v) is 4.97. The van der Waals surface area contributed by atoms with Gasteiger partial charge in [0.05, 0.1) is 22.5 Å². The maximum atomic E-state index is 13.0. The Morgan fingerprint density at radius 1 is 1.21 bits per heavy atom. The lowest BCUT2D eigenvalue weighted by Crippen LogP contribution is -2.41. The number of carbonyl (C=O) groups excluding carboxylic acids is 1. The van der Waals surface area contributed by atoms with Crippen molar-refractivity contribution in [3.8, 4) is 0 Å². The Kier molecular flexibility index (Phi) is 6.17. The first kappa shape index (κ1) is 22.3. The molecule has 0 aromatic heterocycles. The van der Waals surface area contributed by atoms with Crippen LogP contribution in [0, 0.1) is 0 Å². The van der Waals surface area contributed by atoms with Crippen molar-refractivity contribution < 1.29 is 27.3 Å². The topological polar surface area (TPSA) is 85.6 Å².